The van der Waals surface area contributed by atoms with Gasteiger partial charge in [-0.05, 0) is 30.7 Å². The molecule has 7 nitrogen and oxygen atoms in total. The highest BCUT2D eigenvalue weighted by Gasteiger charge is 2.14. The van der Waals surface area contributed by atoms with Gasteiger partial charge in [0.2, 0.25) is 0 Å². The van der Waals surface area contributed by atoms with Gasteiger partial charge in [-0.25, -0.2) is 9.97 Å². The van der Waals surface area contributed by atoms with Gasteiger partial charge in [-0.1, -0.05) is 60.7 Å². The van der Waals surface area contributed by atoms with E-state index in [1.165, 1.54) is 0 Å². The van der Waals surface area contributed by atoms with E-state index in [4.69, 9.17) is 9.97 Å². The molecule has 7 heteroatoms. The Balaban J connectivity index is 1.44. The summed E-state index contributed by atoms with van der Waals surface area (Å²) in [6, 6.07) is 26.9. The highest BCUT2D eigenvalue weighted by Crippen LogP contribution is 2.27. The number of carbonyl (C=O) groups excluding carboxylic acids is 1. The lowest BCUT2D eigenvalue weighted by Gasteiger charge is -2.09. The van der Waals surface area contributed by atoms with E-state index in [2.05, 4.69) is 20.8 Å². The SMILES string of the molecule is Cc1ccccc1NC(=O)c1cc(Nc2nc(-c3ccccc3)nc3ccccc23)[nH]n1. The summed E-state index contributed by atoms with van der Waals surface area (Å²) in [4.78, 5) is 22.1. The first-order valence-corrected chi connectivity index (χ1v) is 10.2. The van der Waals surface area contributed by atoms with Crippen molar-refractivity contribution in [2.75, 3.05) is 10.6 Å². The molecule has 0 atom stereocenters. The lowest BCUT2D eigenvalue weighted by atomic mass is 10.2. The van der Waals surface area contributed by atoms with Crippen LogP contribution in [0.4, 0.5) is 17.3 Å². The zero-order valence-electron chi connectivity index (χ0n) is 17.3. The highest BCUT2D eigenvalue weighted by molar-refractivity contribution is 6.04. The molecule has 0 unspecified atom stereocenters. The third kappa shape index (κ3) is 3.91. The zero-order valence-corrected chi connectivity index (χ0v) is 17.3. The second-order valence-corrected chi connectivity index (χ2v) is 7.34. The predicted molar refractivity (Wildman–Crippen MR) is 126 cm³/mol. The number of aryl methyl sites for hydroxylation is 1. The zero-order chi connectivity index (χ0) is 21.9. The van der Waals surface area contributed by atoms with E-state index >= 15 is 0 Å². The Hall–Kier alpha value is -4.52. The number of para-hydroxylation sites is 2. The molecule has 2 aromatic heterocycles. The van der Waals surface area contributed by atoms with Crippen LogP contribution in [-0.2, 0) is 0 Å². The van der Waals surface area contributed by atoms with Crippen molar-refractivity contribution in [2.24, 2.45) is 0 Å². The summed E-state index contributed by atoms with van der Waals surface area (Å²) in [5.74, 6) is 1.51. The fourth-order valence-corrected chi connectivity index (χ4v) is 3.42. The quantitative estimate of drug-likeness (QED) is 0.357. The van der Waals surface area contributed by atoms with Gasteiger partial charge in [0.15, 0.2) is 11.5 Å². The summed E-state index contributed by atoms with van der Waals surface area (Å²) in [5, 5.41) is 14.0. The van der Waals surface area contributed by atoms with Crippen LogP contribution in [0.1, 0.15) is 16.1 Å². The second-order valence-electron chi connectivity index (χ2n) is 7.34. The van der Waals surface area contributed by atoms with Crippen LogP contribution in [0.2, 0.25) is 0 Å². The number of hydrogen-bond acceptors (Lipinski definition) is 5. The van der Waals surface area contributed by atoms with Crippen LogP contribution in [0, 0.1) is 6.92 Å². The van der Waals surface area contributed by atoms with Gasteiger partial charge >= 0.3 is 0 Å². The number of nitrogens with one attached hydrogen (secondary N) is 3. The molecular formula is C25H20N6O. The molecule has 5 rings (SSSR count). The van der Waals surface area contributed by atoms with Gasteiger partial charge in [-0.2, -0.15) is 5.10 Å². The van der Waals surface area contributed by atoms with E-state index in [-0.39, 0.29) is 11.6 Å². The van der Waals surface area contributed by atoms with E-state index < -0.39 is 0 Å². The number of nitrogens with zero attached hydrogens (tertiary/aromatic N) is 3. The molecule has 0 spiro atoms. The van der Waals surface area contributed by atoms with Crippen molar-refractivity contribution in [1.82, 2.24) is 20.2 Å². The summed E-state index contributed by atoms with van der Waals surface area (Å²) in [6.45, 7) is 1.94. The average molecular weight is 420 g/mol. The molecule has 3 aromatic carbocycles. The maximum atomic E-state index is 12.6. The highest BCUT2D eigenvalue weighted by atomic mass is 16.1. The maximum Gasteiger partial charge on any atom is 0.276 e. The molecule has 1 amide bonds. The minimum atomic E-state index is -0.291. The molecule has 0 saturated carbocycles. The van der Waals surface area contributed by atoms with E-state index in [1.54, 1.807) is 6.07 Å². The minimum absolute atomic E-state index is 0.275. The lowest BCUT2D eigenvalue weighted by Crippen LogP contribution is -2.13. The van der Waals surface area contributed by atoms with Gasteiger partial charge in [0, 0.05) is 22.7 Å². The van der Waals surface area contributed by atoms with Crippen molar-refractivity contribution in [2.45, 2.75) is 6.92 Å². The molecule has 32 heavy (non-hydrogen) atoms. The van der Waals surface area contributed by atoms with Gasteiger partial charge in [0.1, 0.15) is 11.6 Å². The van der Waals surface area contributed by atoms with Gasteiger partial charge in [-0.15, -0.1) is 0 Å². The van der Waals surface area contributed by atoms with E-state index in [1.807, 2.05) is 85.8 Å². The number of anilines is 3. The normalized spacial score (nSPS) is 10.8. The number of fused-ring (bicyclic) bond motifs is 1. The standard InChI is InChI=1S/C25H20N6O/c1-16-9-5-7-13-19(16)27-25(32)21-15-22(31-30-21)28-24-18-12-6-8-14-20(18)26-23(29-24)17-10-3-2-4-11-17/h2-15H,1H3,(H,27,32)(H2,26,28,29,30,31). The van der Waals surface area contributed by atoms with Crippen molar-refractivity contribution in [3.63, 3.8) is 0 Å². The van der Waals surface area contributed by atoms with Crippen molar-refractivity contribution >= 4 is 34.1 Å². The molecular weight excluding hydrogens is 400 g/mol. The number of hydrogen-bond donors (Lipinski definition) is 3. The first kappa shape index (κ1) is 19.4. The summed E-state index contributed by atoms with van der Waals surface area (Å²) < 4.78 is 0. The molecule has 2 heterocycles. The molecule has 0 fully saturated rings. The Morgan fingerprint density at radius 3 is 2.47 bits per heavy atom. The van der Waals surface area contributed by atoms with Gasteiger partial charge in [-0.3, -0.25) is 9.89 Å². The molecule has 0 aliphatic rings. The average Bonchev–Trinajstić information content (AvgIpc) is 3.30. The van der Waals surface area contributed by atoms with Gasteiger partial charge in [0.25, 0.3) is 5.91 Å². The Morgan fingerprint density at radius 2 is 1.62 bits per heavy atom. The third-order valence-electron chi connectivity index (χ3n) is 5.09. The van der Waals surface area contributed by atoms with Crippen LogP contribution in [0.5, 0.6) is 0 Å². The van der Waals surface area contributed by atoms with E-state index in [0.717, 1.165) is 27.7 Å². The Kier molecular flexibility index (Phi) is 5.05. The number of carbonyl (C=O) groups is 1. The fourth-order valence-electron chi connectivity index (χ4n) is 3.42. The smallest absolute Gasteiger partial charge is 0.276 e. The Bertz CT molecular complexity index is 1410. The summed E-state index contributed by atoms with van der Waals surface area (Å²) in [5.41, 5.74) is 3.75. The molecule has 0 saturated heterocycles. The third-order valence-corrected chi connectivity index (χ3v) is 5.09. The largest absolute Gasteiger partial charge is 0.325 e. The number of aromatic amines is 1. The molecule has 0 radical (unpaired) electrons. The number of amides is 1. The number of aromatic nitrogens is 4. The van der Waals surface area contributed by atoms with Crippen molar-refractivity contribution in [3.8, 4) is 11.4 Å². The predicted octanol–water partition coefficient (Wildman–Crippen LogP) is 5.32. The topological polar surface area (TPSA) is 95.6 Å². The lowest BCUT2D eigenvalue weighted by molar-refractivity contribution is 0.102. The van der Waals surface area contributed by atoms with Crippen LogP contribution < -0.4 is 10.6 Å². The number of H-pyrrole nitrogens is 1. The van der Waals surface area contributed by atoms with Gasteiger partial charge in [0.05, 0.1) is 5.52 Å². The second kappa shape index (κ2) is 8.31. The fraction of sp³-hybridized carbons (Fsp3) is 0.0400. The van der Waals surface area contributed by atoms with Gasteiger partial charge < -0.3 is 10.6 Å². The first-order chi connectivity index (χ1) is 15.7. The number of benzene rings is 3. The first-order valence-electron chi connectivity index (χ1n) is 10.2. The van der Waals surface area contributed by atoms with Crippen molar-refractivity contribution < 1.29 is 4.79 Å². The maximum absolute atomic E-state index is 12.6. The van der Waals surface area contributed by atoms with Crippen LogP contribution in [0.25, 0.3) is 22.3 Å². The van der Waals surface area contributed by atoms with Crippen LogP contribution in [-0.4, -0.2) is 26.1 Å². The molecule has 0 bridgehead atoms. The minimum Gasteiger partial charge on any atom is -0.325 e. The van der Waals surface area contributed by atoms with Crippen molar-refractivity contribution in [1.29, 1.82) is 0 Å². The molecule has 5 aromatic rings. The van der Waals surface area contributed by atoms with Crippen molar-refractivity contribution in [3.05, 3.63) is 96.2 Å². The monoisotopic (exact) mass is 420 g/mol. The van der Waals surface area contributed by atoms with Crippen LogP contribution >= 0.6 is 0 Å². The van der Waals surface area contributed by atoms with Crippen LogP contribution in [0.3, 0.4) is 0 Å². The molecule has 3 N–H and O–H groups in total. The molecule has 156 valence electrons. The summed E-state index contributed by atoms with van der Waals surface area (Å²) >= 11 is 0. The van der Waals surface area contributed by atoms with E-state index in [9.17, 15) is 4.79 Å². The van der Waals surface area contributed by atoms with Crippen LogP contribution in [0.15, 0.2) is 84.9 Å². The summed E-state index contributed by atoms with van der Waals surface area (Å²) in [6.07, 6.45) is 0. The molecule has 0 aliphatic carbocycles. The number of rotatable bonds is 5. The van der Waals surface area contributed by atoms with E-state index in [0.29, 0.717) is 17.5 Å². The Morgan fingerprint density at radius 1 is 0.875 bits per heavy atom. The Labute approximate surface area is 184 Å². The molecule has 0 aliphatic heterocycles. The summed E-state index contributed by atoms with van der Waals surface area (Å²) in [7, 11) is 0.